The average Bonchev–Trinajstić information content (AvgIpc) is 2.43. The molecule has 0 aromatic heterocycles. The molecular formula is C14H19FN2O3. The van der Waals surface area contributed by atoms with Gasteiger partial charge in [-0.15, -0.1) is 0 Å². The Morgan fingerprint density at radius 3 is 2.50 bits per heavy atom. The number of hydrogen-bond acceptors (Lipinski definition) is 4. The van der Waals surface area contributed by atoms with E-state index in [9.17, 15) is 14.0 Å². The Kier molecular flexibility index (Phi) is 6.66. The second-order valence-corrected chi connectivity index (χ2v) is 4.36. The molecule has 2 N–H and O–H groups in total. The number of carbonyl (C=O) groups is 2. The van der Waals surface area contributed by atoms with Gasteiger partial charge in [0.2, 0.25) is 5.91 Å². The van der Waals surface area contributed by atoms with Crippen LogP contribution in [0.5, 0.6) is 0 Å². The molecule has 0 aliphatic heterocycles. The summed E-state index contributed by atoms with van der Waals surface area (Å²) in [5.74, 6) is -1.05. The minimum Gasteiger partial charge on any atom is -0.467 e. The molecule has 1 unspecified atom stereocenters. The van der Waals surface area contributed by atoms with Crippen molar-refractivity contribution in [1.82, 2.24) is 10.6 Å². The number of hydrogen-bond donors (Lipinski definition) is 2. The number of esters is 1. The molecule has 1 aromatic rings. The fourth-order valence-electron chi connectivity index (χ4n) is 1.71. The van der Waals surface area contributed by atoms with Gasteiger partial charge in [-0.25, -0.2) is 9.18 Å². The third-order valence-electron chi connectivity index (χ3n) is 2.72. The lowest BCUT2D eigenvalue weighted by molar-refractivity contribution is -0.144. The van der Waals surface area contributed by atoms with E-state index in [2.05, 4.69) is 15.4 Å². The lowest BCUT2D eigenvalue weighted by Gasteiger charge is -2.16. The van der Waals surface area contributed by atoms with E-state index in [4.69, 9.17) is 0 Å². The summed E-state index contributed by atoms with van der Waals surface area (Å²) in [4.78, 5) is 22.4. The summed E-state index contributed by atoms with van der Waals surface area (Å²) < 4.78 is 17.3. The van der Waals surface area contributed by atoms with Crippen LogP contribution in [0.25, 0.3) is 0 Å². The minimum absolute atomic E-state index is 0.266. The highest BCUT2D eigenvalue weighted by molar-refractivity contribution is 5.83. The van der Waals surface area contributed by atoms with Gasteiger partial charge < -0.3 is 15.4 Å². The first kappa shape index (κ1) is 16.1. The molecule has 1 rings (SSSR count). The highest BCUT2D eigenvalue weighted by Crippen LogP contribution is 2.02. The van der Waals surface area contributed by atoms with Gasteiger partial charge >= 0.3 is 5.97 Å². The van der Waals surface area contributed by atoms with Crippen LogP contribution in [0.2, 0.25) is 0 Å². The number of ether oxygens (including phenoxy) is 1. The zero-order valence-electron chi connectivity index (χ0n) is 11.6. The molecule has 0 saturated heterocycles. The first-order valence-electron chi connectivity index (χ1n) is 6.33. The minimum atomic E-state index is -0.703. The molecule has 0 saturated carbocycles. The summed E-state index contributed by atoms with van der Waals surface area (Å²) >= 11 is 0. The van der Waals surface area contributed by atoms with E-state index < -0.39 is 12.0 Å². The Bertz CT molecular complexity index is 448. The van der Waals surface area contributed by atoms with Crippen molar-refractivity contribution in [3.8, 4) is 0 Å². The summed E-state index contributed by atoms with van der Waals surface area (Å²) in [5, 5.41) is 5.57. The molecule has 20 heavy (non-hydrogen) atoms. The van der Waals surface area contributed by atoms with Crippen molar-refractivity contribution in [3.05, 3.63) is 35.6 Å². The second kappa shape index (κ2) is 8.27. The molecule has 0 heterocycles. The second-order valence-electron chi connectivity index (χ2n) is 4.36. The predicted molar refractivity (Wildman–Crippen MR) is 72.6 cm³/mol. The predicted octanol–water partition coefficient (Wildman–Crippen LogP) is 0.635. The third kappa shape index (κ3) is 5.79. The van der Waals surface area contributed by atoms with Gasteiger partial charge in [0.15, 0.2) is 0 Å². The number of nitrogens with one attached hydrogen (secondary N) is 2. The largest absolute Gasteiger partial charge is 0.467 e. The average molecular weight is 282 g/mol. The van der Waals surface area contributed by atoms with E-state index in [0.29, 0.717) is 13.0 Å². The maximum atomic E-state index is 12.7. The van der Waals surface area contributed by atoms with Crippen molar-refractivity contribution in [1.29, 1.82) is 0 Å². The van der Waals surface area contributed by atoms with Gasteiger partial charge in [0.05, 0.1) is 7.11 Å². The van der Waals surface area contributed by atoms with Crippen molar-refractivity contribution in [2.75, 3.05) is 20.2 Å². The Hall–Kier alpha value is -1.95. The van der Waals surface area contributed by atoms with E-state index in [1.807, 2.05) is 0 Å². The van der Waals surface area contributed by atoms with Crippen molar-refractivity contribution in [2.24, 2.45) is 0 Å². The van der Waals surface area contributed by atoms with Crippen LogP contribution >= 0.6 is 0 Å². The molecule has 6 heteroatoms. The summed E-state index contributed by atoms with van der Waals surface area (Å²) in [6.45, 7) is 2.24. The van der Waals surface area contributed by atoms with E-state index in [0.717, 1.165) is 5.56 Å². The third-order valence-corrected chi connectivity index (χ3v) is 2.72. The van der Waals surface area contributed by atoms with Crippen molar-refractivity contribution in [2.45, 2.75) is 19.4 Å². The molecule has 0 radical (unpaired) electrons. The SMILES string of the molecule is COC(=O)C(CNCCc1ccc(F)cc1)NC(C)=O. The fraction of sp³-hybridized carbons (Fsp3) is 0.429. The van der Waals surface area contributed by atoms with Crippen molar-refractivity contribution in [3.63, 3.8) is 0 Å². The van der Waals surface area contributed by atoms with Crippen LogP contribution in [0.3, 0.4) is 0 Å². The number of carbonyl (C=O) groups excluding carboxylic acids is 2. The van der Waals surface area contributed by atoms with E-state index in [1.54, 1.807) is 12.1 Å². The topological polar surface area (TPSA) is 67.4 Å². The standard InChI is InChI=1S/C14H19FN2O3/c1-10(18)17-13(14(19)20-2)9-16-8-7-11-3-5-12(15)6-4-11/h3-6,13,16H,7-9H2,1-2H3,(H,17,18). The molecular weight excluding hydrogens is 263 g/mol. The van der Waals surface area contributed by atoms with Gasteiger partial charge in [0.1, 0.15) is 11.9 Å². The summed E-state index contributed by atoms with van der Waals surface area (Å²) in [7, 11) is 1.27. The van der Waals surface area contributed by atoms with Gasteiger partial charge in [-0.05, 0) is 30.7 Å². The highest BCUT2D eigenvalue weighted by atomic mass is 19.1. The van der Waals surface area contributed by atoms with Gasteiger partial charge in [0, 0.05) is 13.5 Å². The van der Waals surface area contributed by atoms with Crippen molar-refractivity contribution < 1.29 is 18.7 Å². The van der Waals surface area contributed by atoms with Gasteiger partial charge in [0.25, 0.3) is 0 Å². The van der Waals surface area contributed by atoms with Crippen LogP contribution in [-0.2, 0) is 20.7 Å². The molecule has 0 bridgehead atoms. The number of methoxy groups -OCH3 is 1. The lowest BCUT2D eigenvalue weighted by atomic mass is 10.1. The van der Waals surface area contributed by atoms with E-state index >= 15 is 0 Å². The molecule has 1 amide bonds. The Morgan fingerprint density at radius 1 is 1.30 bits per heavy atom. The van der Waals surface area contributed by atoms with Crippen molar-refractivity contribution >= 4 is 11.9 Å². The number of benzene rings is 1. The van der Waals surface area contributed by atoms with E-state index in [-0.39, 0.29) is 18.3 Å². The maximum absolute atomic E-state index is 12.7. The first-order chi connectivity index (χ1) is 9.52. The number of amides is 1. The van der Waals surface area contributed by atoms with Crippen LogP contribution < -0.4 is 10.6 Å². The molecule has 1 atom stereocenters. The van der Waals surface area contributed by atoms with E-state index in [1.165, 1.54) is 26.2 Å². The van der Waals surface area contributed by atoms with Gasteiger partial charge in [-0.2, -0.15) is 0 Å². The smallest absolute Gasteiger partial charge is 0.329 e. The molecule has 1 aromatic carbocycles. The van der Waals surface area contributed by atoms with Crippen LogP contribution in [0.1, 0.15) is 12.5 Å². The molecule has 0 aliphatic rings. The Balaban J connectivity index is 2.34. The fourth-order valence-corrected chi connectivity index (χ4v) is 1.71. The molecule has 5 nitrogen and oxygen atoms in total. The van der Waals surface area contributed by atoms with Gasteiger partial charge in [-0.3, -0.25) is 4.79 Å². The quantitative estimate of drug-likeness (QED) is 0.569. The highest BCUT2D eigenvalue weighted by Gasteiger charge is 2.19. The van der Waals surface area contributed by atoms with Crippen LogP contribution in [0.4, 0.5) is 4.39 Å². The number of rotatable bonds is 7. The first-order valence-corrected chi connectivity index (χ1v) is 6.33. The summed E-state index contributed by atoms with van der Waals surface area (Å²) in [6.07, 6.45) is 0.703. The Morgan fingerprint density at radius 2 is 1.95 bits per heavy atom. The zero-order valence-corrected chi connectivity index (χ0v) is 11.6. The summed E-state index contributed by atoms with van der Waals surface area (Å²) in [6, 6.07) is 5.53. The molecule has 0 aliphatic carbocycles. The monoisotopic (exact) mass is 282 g/mol. The zero-order chi connectivity index (χ0) is 15.0. The lowest BCUT2D eigenvalue weighted by Crippen LogP contribution is -2.47. The number of halogens is 1. The van der Waals surface area contributed by atoms with Crippen LogP contribution in [0.15, 0.2) is 24.3 Å². The van der Waals surface area contributed by atoms with Gasteiger partial charge in [-0.1, -0.05) is 12.1 Å². The molecule has 110 valence electrons. The molecule has 0 spiro atoms. The normalized spacial score (nSPS) is 11.8. The van der Waals surface area contributed by atoms with Crippen LogP contribution in [-0.4, -0.2) is 38.1 Å². The van der Waals surface area contributed by atoms with Crippen LogP contribution in [0, 0.1) is 5.82 Å². The molecule has 0 fully saturated rings. The Labute approximate surface area is 117 Å². The maximum Gasteiger partial charge on any atom is 0.329 e. The summed E-state index contributed by atoms with van der Waals surface area (Å²) in [5.41, 5.74) is 0.994.